The van der Waals surface area contributed by atoms with Crippen LogP contribution in [0.3, 0.4) is 0 Å². The maximum Gasteiger partial charge on any atom is 0.407 e. The Hall–Kier alpha value is -1.81. The lowest BCUT2D eigenvalue weighted by Gasteiger charge is -2.45. The summed E-state index contributed by atoms with van der Waals surface area (Å²) in [5, 5.41) is 2.94. The topological polar surface area (TPSA) is 64.3 Å². The Morgan fingerprint density at radius 2 is 2.10 bits per heavy atom. The van der Waals surface area contributed by atoms with Crippen LogP contribution < -0.4 is 11.1 Å². The number of hydrogen-bond acceptors (Lipinski definition) is 3. The number of nitrogens with two attached hydrogens (primary N) is 1. The Labute approximate surface area is 120 Å². The van der Waals surface area contributed by atoms with Gasteiger partial charge in [0, 0.05) is 12.1 Å². The second kappa shape index (κ2) is 6.57. The molecule has 20 heavy (non-hydrogen) atoms. The molecule has 0 radical (unpaired) electrons. The van der Waals surface area contributed by atoms with Crippen LogP contribution in [0.15, 0.2) is 42.5 Å². The maximum atomic E-state index is 11.7. The lowest BCUT2D eigenvalue weighted by atomic mass is 9.67. The normalized spacial score (nSPS) is 25.2. The number of carbonyl (C=O) groups is 1. The number of amides is 1. The molecular weight excluding hydrogens is 252 g/mol. The van der Waals surface area contributed by atoms with Crippen molar-refractivity contribution in [2.75, 3.05) is 13.2 Å². The summed E-state index contributed by atoms with van der Waals surface area (Å²) in [4.78, 5) is 11.7. The SMILES string of the molecule is CC1(NC(=O)OC/C=C/CN)CC(c2ccccc2)C1. The van der Waals surface area contributed by atoms with Gasteiger partial charge < -0.3 is 15.8 Å². The zero-order valence-corrected chi connectivity index (χ0v) is 11.8. The summed E-state index contributed by atoms with van der Waals surface area (Å²) in [5.41, 5.74) is 6.49. The van der Waals surface area contributed by atoms with Crippen molar-refractivity contribution in [3.8, 4) is 0 Å². The summed E-state index contributed by atoms with van der Waals surface area (Å²) < 4.78 is 5.06. The molecular formula is C16H22N2O2. The molecule has 2 rings (SSSR count). The Kier molecular flexibility index (Phi) is 4.79. The molecule has 0 unspecified atom stereocenters. The van der Waals surface area contributed by atoms with E-state index in [0.29, 0.717) is 12.5 Å². The molecule has 1 aliphatic carbocycles. The summed E-state index contributed by atoms with van der Waals surface area (Å²) in [6.45, 7) is 2.78. The first-order valence-corrected chi connectivity index (χ1v) is 6.98. The van der Waals surface area contributed by atoms with Crippen LogP contribution in [0.4, 0.5) is 4.79 Å². The van der Waals surface area contributed by atoms with E-state index in [1.807, 2.05) is 6.07 Å². The number of ether oxygens (including phenoxy) is 1. The average molecular weight is 274 g/mol. The summed E-state index contributed by atoms with van der Waals surface area (Å²) in [5.74, 6) is 0.527. The second-order valence-electron chi connectivity index (χ2n) is 5.51. The maximum absolute atomic E-state index is 11.7. The molecule has 1 amide bonds. The average Bonchev–Trinajstić information content (AvgIpc) is 2.42. The predicted molar refractivity (Wildman–Crippen MR) is 79.5 cm³/mol. The van der Waals surface area contributed by atoms with Gasteiger partial charge in [0.15, 0.2) is 0 Å². The van der Waals surface area contributed by atoms with E-state index in [4.69, 9.17) is 10.5 Å². The molecule has 0 heterocycles. The van der Waals surface area contributed by atoms with Gasteiger partial charge in [0.2, 0.25) is 0 Å². The molecule has 1 aromatic carbocycles. The van der Waals surface area contributed by atoms with Gasteiger partial charge in [0.25, 0.3) is 0 Å². The number of benzene rings is 1. The number of rotatable bonds is 5. The largest absolute Gasteiger partial charge is 0.445 e. The minimum Gasteiger partial charge on any atom is -0.445 e. The Morgan fingerprint density at radius 1 is 1.40 bits per heavy atom. The fourth-order valence-corrected chi connectivity index (χ4v) is 2.66. The highest BCUT2D eigenvalue weighted by Crippen LogP contribution is 2.44. The fraction of sp³-hybridized carbons (Fsp3) is 0.438. The lowest BCUT2D eigenvalue weighted by molar-refractivity contribution is 0.118. The Bertz CT molecular complexity index is 465. The molecule has 1 fully saturated rings. The molecule has 0 aromatic heterocycles. The van der Waals surface area contributed by atoms with Crippen molar-refractivity contribution in [2.45, 2.75) is 31.2 Å². The molecule has 0 bridgehead atoms. The van der Waals surface area contributed by atoms with E-state index in [2.05, 4.69) is 36.5 Å². The van der Waals surface area contributed by atoms with Crippen LogP contribution in [0, 0.1) is 0 Å². The van der Waals surface area contributed by atoms with Crippen molar-refractivity contribution in [3.63, 3.8) is 0 Å². The Balaban J connectivity index is 1.75. The second-order valence-corrected chi connectivity index (χ2v) is 5.51. The molecule has 0 saturated heterocycles. The summed E-state index contributed by atoms with van der Waals surface area (Å²) >= 11 is 0. The first kappa shape index (κ1) is 14.6. The molecule has 1 aromatic rings. The van der Waals surface area contributed by atoms with E-state index in [9.17, 15) is 4.79 Å². The van der Waals surface area contributed by atoms with Gasteiger partial charge in [0.05, 0.1) is 0 Å². The molecule has 0 atom stereocenters. The molecule has 3 N–H and O–H groups in total. The predicted octanol–water partition coefficient (Wildman–Crippen LogP) is 2.56. The highest BCUT2D eigenvalue weighted by Gasteiger charge is 2.42. The molecule has 4 nitrogen and oxygen atoms in total. The van der Waals surface area contributed by atoms with Crippen LogP contribution >= 0.6 is 0 Å². The fourth-order valence-electron chi connectivity index (χ4n) is 2.66. The van der Waals surface area contributed by atoms with Crippen molar-refractivity contribution in [1.82, 2.24) is 5.32 Å². The minimum absolute atomic E-state index is 0.158. The third-order valence-electron chi connectivity index (χ3n) is 3.68. The van der Waals surface area contributed by atoms with Gasteiger partial charge in [0.1, 0.15) is 6.61 Å². The molecule has 1 aliphatic rings. The number of nitrogens with one attached hydrogen (secondary N) is 1. The smallest absolute Gasteiger partial charge is 0.407 e. The van der Waals surface area contributed by atoms with Gasteiger partial charge in [-0.3, -0.25) is 0 Å². The van der Waals surface area contributed by atoms with Crippen molar-refractivity contribution in [2.24, 2.45) is 5.73 Å². The number of carbonyl (C=O) groups excluding carboxylic acids is 1. The number of alkyl carbamates (subject to hydrolysis) is 1. The van der Waals surface area contributed by atoms with Gasteiger partial charge in [-0.15, -0.1) is 0 Å². The van der Waals surface area contributed by atoms with Gasteiger partial charge >= 0.3 is 6.09 Å². The van der Waals surface area contributed by atoms with E-state index >= 15 is 0 Å². The molecule has 4 heteroatoms. The van der Waals surface area contributed by atoms with Gasteiger partial charge in [-0.1, -0.05) is 36.4 Å². The summed E-state index contributed by atoms with van der Waals surface area (Å²) in [6, 6.07) is 10.4. The Morgan fingerprint density at radius 3 is 2.75 bits per heavy atom. The molecule has 0 aliphatic heterocycles. The van der Waals surface area contributed by atoms with Gasteiger partial charge in [-0.25, -0.2) is 4.79 Å². The molecule has 108 valence electrons. The zero-order valence-electron chi connectivity index (χ0n) is 11.8. The first-order valence-electron chi connectivity index (χ1n) is 6.98. The number of hydrogen-bond donors (Lipinski definition) is 2. The van der Waals surface area contributed by atoms with Crippen molar-refractivity contribution < 1.29 is 9.53 Å². The van der Waals surface area contributed by atoms with Crippen LogP contribution in [-0.4, -0.2) is 24.8 Å². The monoisotopic (exact) mass is 274 g/mol. The van der Waals surface area contributed by atoms with Gasteiger partial charge in [-0.2, -0.15) is 0 Å². The van der Waals surface area contributed by atoms with E-state index in [1.54, 1.807) is 12.2 Å². The van der Waals surface area contributed by atoms with E-state index in [0.717, 1.165) is 12.8 Å². The highest BCUT2D eigenvalue weighted by atomic mass is 16.5. The summed E-state index contributed by atoms with van der Waals surface area (Å²) in [6.07, 6.45) is 5.05. The third-order valence-corrected chi connectivity index (χ3v) is 3.68. The summed E-state index contributed by atoms with van der Waals surface area (Å²) in [7, 11) is 0. The van der Waals surface area contributed by atoms with Crippen molar-refractivity contribution >= 4 is 6.09 Å². The molecule has 0 spiro atoms. The third kappa shape index (κ3) is 3.84. The van der Waals surface area contributed by atoms with Gasteiger partial charge in [-0.05, 0) is 37.3 Å². The lowest BCUT2D eigenvalue weighted by Crippen LogP contribution is -2.54. The van der Waals surface area contributed by atoms with Crippen LogP contribution in [0.5, 0.6) is 0 Å². The highest BCUT2D eigenvalue weighted by molar-refractivity contribution is 5.68. The van der Waals surface area contributed by atoms with Crippen molar-refractivity contribution in [1.29, 1.82) is 0 Å². The van der Waals surface area contributed by atoms with E-state index < -0.39 is 0 Å². The van der Waals surface area contributed by atoms with E-state index in [-0.39, 0.29) is 18.2 Å². The molecule has 1 saturated carbocycles. The quantitative estimate of drug-likeness (QED) is 0.811. The standard InChI is InChI=1S/C16H22N2O2/c1-16(18-15(19)20-10-6-5-9-17)11-14(12-16)13-7-3-2-4-8-13/h2-8,14H,9-12,17H2,1H3,(H,18,19)/b6-5+. The zero-order chi connectivity index (χ0) is 14.4. The first-order chi connectivity index (χ1) is 9.63. The van der Waals surface area contributed by atoms with E-state index in [1.165, 1.54) is 5.56 Å². The van der Waals surface area contributed by atoms with Crippen LogP contribution in [0.2, 0.25) is 0 Å². The van der Waals surface area contributed by atoms with Crippen LogP contribution in [0.25, 0.3) is 0 Å². The van der Waals surface area contributed by atoms with Crippen LogP contribution in [-0.2, 0) is 4.74 Å². The van der Waals surface area contributed by atoms with Crippen molar-refractivity contribution in [3.05, 3.63) is 48.0 Å². The van der Waals surface area contributed by atoms with Crippen LogP contribution in [0.1, 0.15) is 31.2 Å². The minimum atomic E-state index is -0.360.